The first-order chi connectivity index (χ1) is 6.24. The van der Waals surface area contributed by atoms with E-state index in [0.29, 0.717) is 0 Å². The third kappa shape index (κ3) is 2.83. The van der Waals surface area contributed by atoms with Gasteiger partial charge >= 0.3 is 0 Å². The van der Waals surface area contributed by atoms with Gasteiger partial charge in [0.05, 0.1) is 0 Å². The van der Waals surface area contributed by atoms with Crippen LogP contribution in [0.4, 0.5) is 5.69 Å². The van der Waals surface area contributed by atoms with E-state index in [-0.39, 0.29) is 0 Å². The van der Waals surface area contributed by atoms with Crippen LogP contribution in [-0.4, -0.2) is 13.6 Å². The minimum Gasteiger partial charge on any atom is -0.374 e. The van der Waals surface area contributed by atoms with Crippen LogP contribution in [0.2, 0.25) is 0 Å². The average Bonchev–Trinajstić information content (AvgIpc) is 2.14. The van der Waals surface area contributed by atoms with Gasteiger partial charge in [0.25, 0.3) is 0 Å². The van der Waals surface area contributed by atoms with Gasteiger partial charge < -0.3 is 4.90 Å². The largest absolute Gasteiger partial charge is 0.374 e. The van der Waals surface area contributed by atoms with Gasteiger partial charge in [-0.15, -0.1) is 12.3 Å². The third-order valence-corrected chi connectivity index (χ3v) is 2.03. The van der Waals surface area contributed by atoms with Crippen LogP contribution in [0.15, 0.2) is 24.3 Å². The van der Waals surface area contributed by atoms with E-state index in [1.54, 1.807) is 0 Å². The molecule has 0 atom stereocenters. The number of terminal acetylenes is 1. The Kier molecular flexibility index (Phi) is 3.40. The molecule has 1 aromatic carbocycles. The van der Waals surface area contributed by atoms with Crippen LogP contribution < -0.4 is 4.90 Å². The summed E-state index contributed by atoms with van der Waals surface area (Å²) < 4.78 is 0. The highest BCUT2D eigenvalue weighted by molar-refractivity contribution is 5.47. The van der Waals surface area contributed by atoms with Crippen molar-refractivity contribution in [1.29, 1.82) is 0 Å². The molecule has 0 fully saturated rings. The summed E-state index contributed by atoms with van der Waals surface area (Å²) in [5.74, 6) is 2.64. The fourth-order valence-corrected chi connectivity index (χ4v) is 1.23. The minimum absolute atomic E-state index is 0.796. The van der Waals surface area contributed by atoms with Crippen molar-refractivity contribution in [2.75, 3.05) is 18.5 Å². The summed E-state index contributed by atoms with van der Waals surface area (Å²) >= 11 is 0. The van der Waals surface area contributed by atoms with Gasteiger partial charge in [0.1, 0.15) is 0 Å². The molecule has 0 aliphatic heterocycles. The number of benzene rings is 1. The van der Waals surface area contributed by atoms with E-state index < -0.39 is 0 Å². The Morgan fingerprint density at radius 3 is 2.85 bits per heavy atom. The van der Waals surface area contributed by atoms with Crippen molar-refractivity contribution < 1.29 is 0 Å². The highest BCUT2D eigenvalue weighted by atomic mass is 15.1. The molecule has 0 aliphatic carbocycles. The molecule has 1 rings (SSSR count). The molecule has 1 aromatic rings. The van der Waals surface area contributed by atoms with Crippen LogP contribution in [0, 0.1) is 19.3 Å². The Bertz CT molecular complexity index is 309. The Morgan fingerprint density at radius 2 is 2.23 bits per heavy atom. The minimum atomic E-state index is 0.796. The van der Waals surface area contributed by atoms with E-state index in [0.717, 1.165) is 13.0 Å². The Balaban J connectivity index is 2.66. The monoisotopic (exact) mass is 173 g/mol. The zero-order valence-electron chi connectivity index (χ0n) is 8.25. The molecule has 0 saturated carbocycles. The van der Waals surface area contributed by atoms with E-state index in [1.165, 1.54) is 11.3 Å². The lowest BCUT2D eigenvalue weighted by atomic mass is 10.2. The van der Waals surface area contributed by atoms with E-state index in [4.69, 9.17) is 6.42 Å². The van der Waals surface area contributed by atoms with E-state index in [2.05, 4.69) is 49.1 Å². The van der Waals surface area contributed by atoms with Crippen LogP contribution in [0.3, 0.4) is 0 Å². The average molecular weight is 173 g/mol. The number of hydrogen-bond donors (Lipinski definition) is 0. The lowest BCUT2D eigenvalue weighted by Crippen LogP contribution is -2.17. The van der Waals surface area contributed by atoms with Crippen molar-refractivity contribution in [3.8, 4) is 12.3 Å². The number of hydrogen-bond acceptors (Lipinski definition) is 1. The van der Waals surface area contributed by atoms with Crippen molar-refractivity contribution in [1.82, 2.24) is 0 Å². The maximum Gasteiger partial charge on any atom is 0.0366 e. The van der Waals surface area contributed by atoms with Gasteiger partial charge in [-0.05, 0) is 24.6 Å². The molecule has 0 unspecified atom stereocenters. The quantitative estimate of drug-likeness (QED) is 0.635. The Hall–Kier alpha value is -1.42. The van der Waals surface area contributed by atoms with Gasteiger partial charge in [0.2, 0.25) is 0 Å². The number of rotatable bonds is 3. The summed E-state index contributed by atoms with van der Waals surface area (Å²) in [4.78, 5) is 2.17. The number of aryl methyl sites for hydroxylation is 1. The van der Waals surface area contributed by atoms with Gasteiger partial charge in [-0.25, -0.2) is 0 Å². The zero-order chi connectivity index (χ0) is 9.68. The molecule has 0 heterocycles. The molecule has 0 bridgehead atoms. The van der Waals surface area contributed by atoms with Crippen molar-refractivity contribution >= 4 is 5.69 Å². The molecule has 0 N–H and O–H groups in total. The maximum absolute atomic E-state index is 5.21. The predicted octanol–water partition coefficient (Wildman–Crippen LogP) is 2.45. The molecule has 0 aromatic heterocycles. The molecule has 0 radical (unpaired) electrons. The predicted molar refractivity (Wildman–Crippen MR) is 57.9 cm³/mol. The summed E-state index contributed by atoms with van der Waals surface area (Å²) in [6, 6.07) is 8.43. The van der Waals surface area contributed by atoms with Gasteiger partial charge in [0.15, 0.2) is 0 Å². The lowest BCUT2D eigenvalue weighted by molar-refractivity contribution is 0.912. The molecule has 1 heteroatoms. The molecule has 1 nitrogen and oxygen atoms in total. The van der Waals surface area contributed by atoms with Gasteiger partial charge in [-0.2, -0.15) is 0 Å². The highest BCUT2D eigenvalue weighted by Gasteiger charge is 1.98. The first-order valence-corrected chi connectivity index (χ1v) is 4.45. The Morgan fingerprint density at radius 1 is 1.46 bits per heavy atom. The van der Waals surface area contributed by atoms with Crippen molar-refractivity contribution in [2.45, 2.75) is 13.3 Å². The molecule has 13 heavy (non-hydrogen) atoms. The second-order valence-electron chi connectivity index (χ2n) is 3.21. The smallest absolute Gasteiger partial charge is 0.0366 e. The van der Waals surface area contributed by atoms with Crippen molar-refractivity contribution in [2.24, 2.45) is 0 Å². The second kappa shape index (κ2) is 4.57. The van der Waals surface area contributed by atoms with Gasteiger partial charge in [0, 0.05) is 25.7 Å². The topological polar surface area (TPSA) is 3.24 Å². The molecule has 0 spiro atoms. The van der Waals surface area contributed by atoms with E-state index in [9.17, 15) is 0 Å². The summed E-state index contributed by atoms with van der Waals surface area (Å²) in [6.07, 6.45) is 6.00. The van der Waals surface area contributed by atoms with Crippen LogP contribution >= 0.6 is 0 Å². The molecule has 0 amide bonds. The summed E-state index contributed by atoms with van der Waals surface area (Å²) in [6.45, 7) is 3.01. The van der Waals surface area contributed by atoms with Crippen LogP contribution in [-0.2, 0) is 0 Å². The fraction of sp³-hybridized carbons (Fsp3) is 0.333. The van der Waals surface area contributed by atoms with Gasteiger partial charge in [-0.1, -0.05) is 12.1 Å². The molecule has 0 saturated heterocycles. The first-order valence-electron chi connectivity index (χ1n) is 4.45. The molecule has 68 valence electrons. The van der Waals surface area contributed by atoms with Crippen LogP contribution in [0.1, 0.15) is 12.0 Å². The summed E-state index contributed by atoms with van der Waals surface area (Å²) in [7, 11) is 2.06. The molecular weight excluding hydrogens is 158 g/mol. The summed E-state index contributed by atoms with van der Waals surface area (Å²) in [5, 5.41) is 0. The zero-order valence-corrected chi connectivity index (χ0v) is 8.25. The standard InChI is InChI=1S/C12H15N/c1-4-5-9-13(3)12-8-6-7-11(2)10-12/h1,6-8,10H,5,9H2,2-3H3. The molecule has 0 aliphatic rings. The van der Waals surface area contributed by atoms with Gasteiger partial charge in [-0.3, -0.25) is 0 Å². The van der Waals surface area contributed by atoms with Crippen molar-refractivity contribution in [3.05, 3.63) is 29.8 Å². The maximum atomic E-state index is 5.21. The number of anilines is 1. The van der Waals surface area contributed by atoms with Crippen molar-refractivity contribution in [3.63, 3.8) is 0 Å². The lowest BCUT2D eigenvalue weighted by Gasteiger charge is -2.18. The Labute approximate surface area is 80.4 Å². The van der Waals surface area contributed by atoms with E-state index >= 15 is 0 Å². The first kappa shape index (κ1) is 9.67. The van der Waals surface area contributed by atoms with Crippen LogP contribution in [0.25, 0.3) is 0 Å². The SMILES string of the molecule is C#CCCN(C)c1cccc(C)c1. The van der Waals surface area contributed by atoms with Crippen LogP contribution in [0.5, 0.6) is 0 Å². The third-order valence-electron chi connectivity index (χ3n) is 2.03. The fourth-order valence-electron chi connectivity index (χ4n) is 1.23. The second-order valence-corrected chi connectivity index (χ2v) is 3.21. The molecular formula is C12H15N. The number of nitrogens with zero attached hydrogens (tertiary/aromatic N) is 1. The van der Waals surface area contributed by atoms with E-state index in [1.807, 2.05) is 0 Å². The normalized spacial score (nSPS) is 9.31. The highest BCUT2D eigenvalue weighted by Crippen LogP contribution is 2.13. The summed E-state index contributed by atoms with van der Waals surface area (Å²) in [5.41, 5.74) is 2.51.